The molecule has 0 aliphatic heterocycles. The van der Waals surface area contributed by atoms with E-state index in [-0.39, 0.29) is 6.16 Å². The van der Waals surface area contributed by atoms with Crippen LogP contribution in [0.15, 0.2) is 28.8 Å². The Morgan fingerprint density at radius 3 is 2.29 bits per heavy atom. The first-order chi connectivity index (χ1) is 11.5. The molecule has 1 heterocycles. The van der Waals surface area contributed by atoms with Crippen LogP contribution in [0, 0.1) is 0 Å². The number of nitrogens with zero attached hydrogens (tertiary/aromatic N) is 1. The summed E-state index contributed by atoms with van der Waals surface area (Å²) in [5, 5.41) is 4.02. The first kappa shape index (κ1) is 18.5. The maximum atomic E-state index is 12.5. The van der Waals surface area contributed by atoms with Gasteiger partial charge in [-0.3, -0.25) is 4.57 Å². The molecular weight excluding hydrogens is 333 g/mol. The van der Waals surface area contributed by atoms with Crippen molar-refractivity contribution in [2.45, 2.75) is 20.0 Å². The molecule has 0 spiro atoms. The summed E-state index contributed by atoms with van der Waals surface area (Å²) < 4.78 is 38.9. The largest absolute Gasteiger partial charge is 0.493 e. The van der Waals surface area contributed by atoms with Gasteiger partial charge in [-0.05, 0) is 32.0 Å². The molecule has 0 atom stereocenters. The third-order valence-electron chi connectivity index (χ3n) is 3.24. The zero-order chi connectivity index (χ0) is 17.6. The number of aromatic nitrogens is 1. The molecule has 0 aliphatic carbocycles. The normalized spacial score (nSPS) is 11.5. The highest BCUT2D eigenvalue weighted by molar-refractivity contribution is 7.53. The molecule has 132 valence electrons. The lowest BCUT2D eigenvalue weighted by atomic mass is 10.1. The molecule has 0 unspecified atom stereocenters. The van der Waals surface area contributed by atoms with Gasteiger partial charge in [0.05, 0.1) is 27.4 Å². The number of ether oxygens (including phenoxy) is 2. The van der Waals surface area contributed by atoms with Crippen molar-refractivity contribution >= 4 is 7.60 Å². The Hall–Kier alpha value is -1.82. The average Bonchev–Trinajstić information content (AvgIpc) is 3.02. The summed E-state index contributed by atoms with van der Waals surface area (Å²) in [6.07, 6.45) is 0.0367. The van der Waals surface area contributed by atoms with Gasteiger partial charge in [-0.25, -0.2) is 0 Å². The smallest absolute Gasteiger partial charge is 0.338 e. The van der Waals surface area contributed by atoms with E-state index in [0.29, 0.717) is 36.2 Å². The van der Waals surface area contributed by atoms with Crippen LogP contribution < -0.4 is 9.47 Å². The Bertz CT molecular complexity index is 704. The molecule has 0 saturated heterocycles. The number of benzene rings is 1. The average molecular weight is 355 g/mol. The number of hydrogen-bond donors (Lipinski definition) is 0. The molecule has 0 bridgehead atoms. The van der Waals surface area contributed by atoms with Gasteiger partial charge in [-0.1, -0.05) is 5.16 Å². The van der Waals surface area contributed by atoms with Gasteiger partial charge in [0.1, 0.15) is 17.6 Å². The highest BCUT2D eigenvalue weighted by atomic mass is 31.2. The highest BCUT2D eigenvalue weighted by Crippen LogP contribution is 2.51. The van der Waals surface area contributed by atoms with Crippen molar-refractivity contribution < 1.29 is 27.6 Å². The second kappa shape index (κ2) is 8.33. The molecule has 0 aliphatic rings. The third-order valence-corrected chi connectivity index (χ3v) is 5.24. The third kappa shape index (κ3) is 4.38. The Morgan fingerprint density at radius 1 is 1.04 bits per heavy atom. The van der Waals surface area contributed by atoms with Crippen LogP contribution in [0.5, 0.6) is 11.5 Å². The molecule has 1 aromatic carbocycles. The van der Waals surface area contributed by atoms with Crippen LogP contribution in [0.25, 0.3) is 11.3 Å². The Balaban J connectivity index is 2.22. The predicted molar refractivity (Wildman–Crippen MR) is 89.6 cm³/mol. The van der Waals surface area contributed by atoms with Gasteiger partial charge >= 0.3 is 7.60 Å². The van der Waals surface area contributed by atoms with E-state index in [1.54, 1.807) is 46.3 Å². The van der Waals surface area contributed by atoms with Crippen molar-refractivity contribution in [3.63, 3.8) is 0 Å². The molecule has 8 heteroatoms. The van der Waals surface area contributed by atoms with Crippen LogP contribution in [0.1, 0.15) is 19.6 Å². The SMILES string of the molecule is CCOP(=O)(Cc1cc(-c2ccc(OC)c(OC)c2)no1)OCC. The van der Waals surface area contributed by atoms with Crippen LogP contribution in [-0.4, -0.2) is 32.6 Å². The van der Waals surface area contributed by atoms with E-state index in [1.807, 2.05) is 6.07 Å². The molecule has 0 saturated carbocycles. The fraction of sp³-hybridized carbons (Fsp3) is 0.438. The molecule has 0 radical (unpaired) electrons. The molecule has 0 N–H and O–H groups in total. The zero-order valence-corrected chi connectivity index (χ0v) is 15.2. The second-order valence-electron chi connectivity index (χ2n) is 4.85. The van der Waals surface area contributed by atoms with E-state index in [0.717, 1.165) is 5.56 Å². The fourth-order valence-electron chi connectivity index (χ4n) is 2.23. The lowest BCUT2D eigenvalue weighted by Gasteiger charge is -2.14. The molecule has 2 aromatic rings. The summed E-state index contributed by atoms with van der Waals surface area (Å²) >= 11 is 0. The minimum Gasteiger partial charge on any atom is -0.493 e. The van der Waals surface area contributed by atoms with Gasteiger partial charge in [-0.15, -0.1) is 0 Å². The van der Waals surface area contributed by atoms with E-state index in [1.165, 1.54) is 0 Å². The molecule has 1 aromatic heterocycles. The number of rotatable bonds is 9. The van der Waals surface area contributed by atoms with Crippen molar-refractivity contribution in [3.8, 4) is 22.8 Å². The Labute approximate surface area is 141 Å². The molecule has 0 amide bonds. The molecule has 2 rings (SSSR count). The first-order valence-electron chi connectivity index (χ1n) is 7.61. The molecule has 7 nitrogen and oxygen atoms in total. The van der Waals surface area contributed by atoms with Gasteiger partial charge in [0, 0.05) is 11.6 Å². The standard InChI is InChI=1S/C16H22NO6P/c1-5-21-24(18,22-6-2)11-13-10-14(17-23-13)12-7-8-15(19-3)16(9-12)20-4/h7-10H,5-6,11H2,1-4H3. The second-order valence-corrected chi connectivity index (χ2v) is 6.91. The summed E-state index contributed by atoms with van der Waals surface area (Å²) in [4.78, 5) is 0. The lowest BCUT2D eigenvalue weighted by Crippen LogP contribution is -1.98. The minimum absolute atomic E-state index is 0.0367. The van der Waals surface area contributed by atoms with E-state index < -0.39 is 7.60 Å². The van der Waals surface area contributed by atoms with E-state index >= 15 is 0 Å². The van der Waals surface area contributed by atoms with Crippen molar-refractivity contribution in [1.82, 2.24) is 5.16 Å². The van der Waals surface area contributed by atoms with Gasteiger partial charge in [-0.2, -0.15) is 0 Å². The van der Waals surface area contributed by atoms with Crippen LogP contribution in [0.3, 0.4) is 0 Å². The van der Waals surface area contributed by atoms with Gasteiger partial charge in [0.25, 0.3) is 0 Å². The maximum absolute atomic E-state index is 12.5. The van der Waals surface area contributed by atoms with Crippen LogP contribution in [0.2, 0.25) is 0 Å². The summed E-state index contributed by atoms with van der Waals surface area (Å²) in [7, 11) is -0.0860. The number of hydrogen-bond acceptors (Lipinski definition) is 7. The summed E-state index contributed by atoms with van der Waals surface area (Å²) in [5.41, 5.74) is 1.40. The molecule has 0 fully saturated rings. The van der Waals surface area contributed by atoms with Crippen molar-refractivity contribution in [1.29, 1.82) is 0 Å². The Kier molecular flexibility index (Phi) is 6.43. The van der Waals surface area contributed by atoms with E-state index in [2.05, 4.69) is 5.16 Å². The fourth-order valence-corrected chi connectivity index (χ4v) is 3.81. The lowest BCUT2D eigenvalue weighted by molar-refractivity contribution is 0.216. The quantitative estimate of drug-likeness (QED) is 0.626. The van der Waals surface area contributed by atoms with Crippen molar-refractivity contribution in [3.05, 3.63) is 30.0 Å². The van der Waals surface area contributed by atoms with Gasteiger partial charge < -0.3 is 23.0 Å². The van der Waals surface area contributed by atoms with Crippen LogP contribution in [-0.2, 0) is 19.8 Å². The summed E-state index contributed by atoms with van der Waals surface area (Å²) in [5.74, 6) is 1.65. The highest BCUT2D eigenvalue weighted by Gasteiger charge is 2.26. The van der Waals surface area contributed by atoms with E-state index in [4.69, 9.17) is 23.0 Å². The maximum Gasteiger partial charge on any atom is 0.338 e. The minimum atomic E-state index is -3.23. The first-order valence-corrected chi connectivity index (χ1v) is 9.34. The van der Waals surface area contributed by atoms with E-state index in [9.17, 15) is 4.57 Å². The summed E-state index contributed by atoms with van der Waals surface area (Å²) in [6.45, 7) is 4.13. The Morgan fingerprint density at radius 2 is 1.71 bits per heavy atom. The van der Waals surface area contributed by atoms with Crippen LogP contribution >= 0.6 is 7.60 Å². The predicted octanol–water partition coefficient (Wildman–Crippen LogP) is 4.12. The number of methoxy groups -OCH3 is 2. The monoisotopic (exact) mass is 355 g/mol. The van der Waals surface area contributed by atoms with Gasteiger partial charge in [0.15, 0.2) is 11.5 Å². The summed E-state index contributed by atoms with van der Waals surface area (Å²) in [6, 6.07) is 7.14. The van der Waals surface area contributed by atoms with Crippen LogP contribution in [0.4, 0.5) is 0 Å². The molecular formula is C16H22NO6P. The topological polar surface area (TPSA) is 80.0 Å². The molecule has 24 heavy (non-hydrogen) atoms. The van der Waals surface area contributed by atoms with Crippen molar-refractivity contribution in [2.24, 2.45) is 0 Å². The zero-order valence-electron chi connectivity index (χ0n) is 14.3. The van der Waals surface area contributed by atoms with Crippen molar-refractivity contribution in [2.75, 3.05) is 27.4 Å². The van der Waals surface area contributed by atoms with Gasteiger partial charge in [0.2, 0.25) is 0 Å².